The Bertz CT molecular complexity index is 1210. The average Bonchev–Trinajstić information content (AvgIpc) is 3.39. The van der Waals surface area contributed by atoms with Gasteiger partial charge in [-0.3, -0.25) is 0 Å². The second kappa shape index (κ2) is 7.81. The van der Waals surface area contributed by atoms with Crippen molar-refractivity contribution in [2.24, 2.45) is 0 Å². The first-order chi connectivity index (χ1) is 13.8. The number of carbonyl (C=O) groups is 1. The zero-order valence-corrected chi connectivity index (χ0v) is 18.5. The van der Waals surface area contributed by atoms with Crippen LogP contribution in [-0.2, 0) is 15.1 Å². The molecule has 0 saturated carbocycles. The Morgan fingerprint density at radius 1 is 1.24 bits per heavy atom. The van der Waals surface area contributed by atoms with Crippen LogP contribution in [0.15, 0.2) is 40.9 Å². The van der Waals surface area contributed by atoms with Crippen LogP contribution in [0.3, 0.4) is 0 Å². The molecular weight excluding hydrogens is 480 g/mol. The first-order valence-electron chi connectivity index (χ1n) is 8.13. The molecule has 6 nitrogen and oxygen atoms in total. The van der Waals surface area contributed by atoms with Crippen molar-refractivity contribution in [1.82, 2.24) is 14.7 Å². The van der Waals surface area contributed by atoms with Crippen LogP contribution in [0.2, 0.25) is 4.34 Å². The monoisotopic (exact) mass is 489 g/mol. The molecule has 0 aliphatic rings. The zero-order valence-electron chi connectivity index (χ0n) is 14.7. The Morgan fingerprint density at radius 2 is 2.03 bits per heavy atom. The van der Waals surface area contributed by atoms with Gasteiger partial charge in [-0.15, -0.1) is 11.3 Å². The number of aromatic nitrogens is 3. The van der Waals surface area contributed by atoms with Crippen LogP contribution in [0, 0.1) is 0 Å². The van der Waals surface area contributed by atoms with E-state index in [9.17, 15) is 4.79 Å². The van der Waals surface area contributed by atoms with Gasteiger partial charge in [0.15, 0.2) is 11.6 Å². The third kappa shape index (κ3) is 4.11. The summed E-state index contributed by atoms with van der Waals surface area (Å²) in [6, 6.07) is 10.3. The van der Waals surface area contributed by atoms with Gasteiger partial charge in [-0.1, -0.05) is 51.6 Å². The Balaban J connectivity index is 1.76. The number of fused-ring (bicyclic) bond motifs is 1. The van der Waals surface area contributed by atoms with Gasteiger partial charge in [-0.2, -0.15) is 0 Å². The van der Waals surface area contributed by atoms with Crippen LogP contribution >= 0.6 is 57.7 Å². The predicted octanol–water partition coefficient (Wildman–Crippen LogP) is 6.07. The van der Waals surface area contributed by atoms with Crippen LogP contribution in [0.4, 0.5) is 0 Å². The Labute approximate surface area is 188 Å². The number of hydrogen-bond acceptors (Lipinski definition) is 6. The summed E-state index contributed by atoms with van der Waals surface area (Å²) in [4.78, 5) is 17.1. The van der Waals surface area contributed by atoms with Gasteiger partial charge in [0.2, 0.25) is 3.79 Å². The number of hydrogen-bond donors (Lipinski definition) is 0. The highest BCUT2D eigenvalue weighted by Gasteiger charge is 2.31. The largest absolute Gasteiger partial charge is 0.465 e. The van der Waals surface area contributed by atoms with Gasteiger partial charge in [0.25, 0.3) is 0 Å². The molecule has 4 rings (SSSR count). The molecule has 3 aromatic heterocycles. The summed E-state index contributed by atoms with van der Waals surface area (Å²) >= 11 is 25.8. The van der Waals surface area contributed by atoms with E-state index in [0.717, 1.165) is 4.88 Å². The van der Waals surface area contributed by atoms with Crippen molar-refractivity contribution in [3.63, 3.8) is 0 Å². The smallest absolute Gasteiger partial charge is 0.337 e. The quantitative estimate of drug-likeness (QED) is 0.256. The first-order valence-corrected chi connectivity index (χ1v) is 10.5. The summed E-state index contributed by atoms with van der Waals surface area (Å²) in [5.74, 6) is 0.306. The molecule has 4 aromatic rings. The summed E-state index contributed by atoms with van der Waals surface area (Å²) in [6.45, 7) is 0.250. The highest BCUT2D eigenvalue weighted by atomic mass is 35.6. The maximum atomic E-state index is 11.8. The minimum Gasteiger partial charge on any atom is -0.465 e. The molecule has 0 radical (unpaired) electrons. The lowest BCUT2D eigenvalue weighted by atomic mass is 10.2. The van der Waals surface area contributed by atoms with Gasteiger partial charge >= 0.3 is 5.97 Å². The summed E-state index contributed by atoms with van der Waals surface area (Å²) in [5.41, 5.74) is 2.11. The van der Waals surface area contributed by atoms with Gasteiger partial charge in [-0.25, -0.2) is 9.78 Å². The number of halogens is 4. The minimum atomic E-state index is -1.78. The summed E-state index contributed by atoms with van der Waals surface area (Å²) in [5, 5.41) is 4.10. The minimum absolute atomic E-state index is 0.197. The third-order valence-electron chi connectivity index (χ3n) is 4.12. The molecule has 0 aliphatic heterocycles. The normalized spacial score (nSPS) is 11.9. The van der Waals surface area contributed by atoms with E-state index in [1.165, 1.54) is 18.4 Å². The standard InChI is InChI=1S/C18H11Cl4N3O3S/c1-27-16(26)9-2-3-12-11(6-9)23-17(18(20,21)22)25(12)8-10-7-13(28-24-10)14-4-5-15(19)29-14/h2-7H,8H2,1H3. The van der Waals surface area contributed by atoms with Crippen LogP contribution in [0.5, 0.6) is 0 Å². The molecule has 0 spiro atoms. The van der Waals surface area contributed by atoms with Gasteiger partial charge < -0.3 is 13.8 Å². The predicted molar refractivity (Wildman–Crippen MR) is 114 cm³/mol. The summed E-state index contributed by atoms with van der Waals surface area (Å²) in [6.07, 6.45) is 0. The van der Waals surface area contributed by atoms with E-state index in [1.807, 2.05) is 6.07 Å². The lowest BCUT2D eigenvalue weighted by molar-refractivity contribution is 0.0601. The van der Waals surface area contributed by atoms with Crippen molar-refractivity contribution in [2.45, 2.75) is 10.3 Å². The Kier molecular flexibility index (Phi) is 5.52. The first kappa shape index (κ1) is 20.5. The van der Waals surface area contributed by atoms with E-state index in [-0.39, 0.29) is 12.4 Å². The van der Waals surface area contributed by atoms with E-state index in [0.29, 0.717) is 32.4 Å². The molecular formula is C18H11Cl4N3O3S. The lowest BCUT2D eigenvalue weighted by Crippen LogP contribution is -2.13. The van der Waals surface area contributed by atoms with Crippen LogP contribution in [0.25, 0.3) is 21.7 Å². The van der Waals surface area contributed by atoms with Crippen molar-refractivity contribution in [3.05, 3.63) is 57.8 Å². The van der Waals surface area contributed by atoms with E-state index in [4.69, 9.17) is 55.7 Å². The molecule has 3 heterocycles. The van der Waals surface area contributed by atoms with Crippen molar-refractivity contribution < 1.29 is 14.1 Å². The van der Waals surface area contributed by atoms with Crippen molar-refractivity contribution >= 4 is 74.7 Å². The van der Waals surface area contributed by atoms with Crippen molar-refractivity contribution in [2.75, 3.05) is 7.11 Å². The number of esters is 1. The highest BCUT2D eigenvalue weighted by Crippen LogP contribution is 2.39. The van der Waals surface area contributed by atoms with E-state index in [2.05, 4.69) is 10.1 Å². The fraction of sp³-hybridized carbons (Fsp3) is 0.167. The van der Waals surface area contributed by atoms with E-state index in [1.54, 1.807) is 34.9 Å². The fourth-order valence-electron chi connectivity index (χ4n) is 2.86. The molecule has 0 atom stereocenters. The van der Waals surface area contributed by atoms with E-state index < -0.39 is 9.76 Å². The average molecular weight is 491 g/mol. The molecule has 0 aliphatic carbocycles. The van der Waals surface area contributed by atoms with Crippen molar-refractivity contribution in [1.29, 1.82) is 0 Å². The molecule has 0 unspecified atom stereocenters. The topological polar surface area (TPSA) is 70.2 Å². The number of rotatable bonds is 4. The summed E-state index contributed by atoms with van der Waals surface area (Å²) in [7, 11) is 1.31. The molecule has 29 heavy (non-hydrogen) atoms. The van der Waals surface area contributed by atoms with Gasteiger partial charge in [-0.05, 0) is 30.3 Å². The molecule has 0 fully saturated rings. The van der Waals surface area contributed by atoms with E-state index >= 15 is 0 Å². The molecule has 0 amide bonds. The van der Waals surface area contributed by atoms with Crippen molar-refractivity contribution in [3.8, 4) is 10.6 Å². The maximum absolute atomic E-state index is 11.8. The van der Waals surface area contributed by atoms with Crippen LogP contribution < -0.4 is 0 Å². The number of ether oxygens (including phenoxy) is 1. The fourth-order valence-corrected chi connectivity index (χ4v) is 4.29. The lowest BCUT2D eigenvalue weighted by Gasteiger charge is -2.13. The number of nitrogens with zero attached hydrogens (tertiary/aromatic N) is 3. The Hall–Kier alpha value is -1.77. The highest BCUT2D eigenvalue weighted by molar-refractivity contribution is 7.19. The maximum Gasteiger partial charge on any atom is 0.337 e. The van der Waals surface area contributed by atoms with Gasteiger partial charge in [0, 0.05) is 6.07 Å². The number of benzene rings is 1. The molecule has 0 bridgehead atoms. The second-order valence-electron chi connectivity index (χ2n) is 6.00. The number of thiophene rings is 1. The molecule has 0 N–H and O–H groups in total. The number of imidazole rings is 1. The SMILES string of the molecule is COC(=O)c1ccc2c(c1)nc(C(Cl)(Cl)Cl)n2Cc1cc(-c2ccc(Cl)s2)on1. The second-order valence-corrected chi connectivity index (χ2v) is 10.00. The molecule has 150 valence electrons. The van der Waals surface area contributed by atoms with Crippen LogP contribution in [-0.4, -0.2) is 27.8 Å². The zero-order chi connectivity index (χ0) is 20.8. The number of alkyl halides is 3. The Morgan fingerprint density at radius 3 is 2.69 bits per heavy atom. The summed E-state index contributed by atoms with van der Waals surface area (Å²) < 4.78 is 10.8. The van der Waals surface area contributed by atoms with Gasteiger partial charge in [0.05, 0.1) is 39.5 Å². The van der Waals surface area contributed by atoms with Crippen LogP contribution in [0.1, 0.15) is 21.9 Å². The molecule has 11 heteroatoms. The third-order valence-corrected chi connectivity index (χ3v) is 5.87. The molecule has 0 saturated heterocycles. The van der Waals surface area contributed by atoms with Gasteiger partial charge in [0.1, 0.15) is 5.69 Å². The number of methoxy groups -OCH3 is 1. The molecule has 1 aromatic carbocycles. The number of carbonyl (C=O) groups excluding carboxylic acids is 1.